The third-order valence-corrected chi connectivity index (χ3v) is 13.2. The molecule has 4 aromatic rings. The van der Waals surface area contributed by atoms with Gasteiger partial charge in [-0.3, -0.25) is 4.90 Å². The Hall–Kier alpha value is -4.52. The molecule has 10 nitrogen and oxygen atoms in total. The number of hydrogen-bond acceptors (Lipinski definition) is 10. The van der Waals surface area contributed by atoms with Crippen molar-refractivity contribution in [2.24, 2.45) is 22.9 Å². The van der Waals surface area contributed by atoms with Crippen molar-refractivity contribution in [1.82, 2.24) is 4.90 Å². The maximum atomic E-state index is 14.7. The first-order valence-corrected chi connectivity index (χ1v) is 23.0. The van der Waals surface area contributed by atoms with Gasteiger partial charge in [0.2, 0.25) is 5.79 Å². The van der Waals surface area contributed by atoms with E-state index in [0.29, 0.717) is 30.1 Å². The molecule has 3 aliphatic rings. The normalized spacial score (nSPS) is 23.3. The second-order valence-corrected chi connectivity index (χ2v) is 17.1. The summed E-state index contributed by atoms with van der Waals surface area (Å²) in [6, 6.07) is 27.4. The number of oxime groups is 1. The molecule has 12 heteroatoms. The van der Waals surface area contributed by atoms with Crippen molar-refractivity contribution in [3.05, 3.63) is 120 Å². The van der Waals surface area contributed by atoms with Gasteiger partial charge >= 0.3 is 6.09 Å². The molecule has 324 valence electrons. The quantitative estimate of drug-likeness (QED) is 0.0294. The molecule has 4 aromatic carbocycles. The number of fused-ring (bicyclic) bond motifs is 3. The zero-order valence-corrected chi connectivity index (χ0v) is 36.6. The fourth-order valence-electron chi connectivity index (χ4n) is 9.73. The number of rotatable bonds is 20. The Bertz CT molecular complexity index is 2180. The number of hydrogen-bond donors (Lipinski definition) is 2. The van der Waals surface area contributed by atoms with Gasteiger partial charge in [-0.05, 0) is 108 Å². The molecule has 0 spiro atoms. The first kappa shape index (κ1) is 44.5. The SMILES string of the molecule is C=CCOC12Oc3ccc(Oc4ccc(SC)cc4)cc3C3C(CCCCO)C(CCCCO)C=C(C(=NOC)CC1N(Cc1cccc4ccccc14)C(=O)OCCCl)C32. The number of thioether (sulfide) groups is 1. The molecule has 61 heavy (non-hydrogen) atoms. The number of unbranched alkanes of at least 4 members (excludes halogenated alkanes) is 2. The number of allylic oxidation sites excluding steroid dienone is 1. The number of amides is 1. The molecule has 0 saturated heterocycles. The van der Waals surface area contributed by atoms with Crippen molar-refractivity contribution in [2.75, 3.05) is 45.7 Å². The minimum Gasteiger partial charge on any atom is -0.459 e. The van der Waals surface area contributed by atoms with Gasteiger partial charge in [-0.25, -0.2) is 4.79 Å². The van der Waals surface area contributed by atoms with Gasteiger partial charge in [-0.15, -0.1) is 29.9 Å². The molecule has 2 aliphatic carbocycles. The van der Waals surface area contributed by atoms with E-state index < -0.39 is 23.8 Å². The standard InChI is InChI=1S/C49H57ClN2O8S/c1-4-27-58-49-45(52(48(55)57-28-24-50)32-35-15-11-14-33-12-5-6-16-39(33)35)31-43(51-56-2)41-29-34(13-7-9-25-53)40(17-8-10-26-54)46(47(41)49)42-30-37(20-23-44(42)60-49)59-36-18-21-38(61-3)22-19-36/h4-6,11-12,14-16,18-23,29-30,34,40,45-47,53-54H,1,7-10,13,17,24-28,31-32H2,2-3H3. The third kappa shape index (κ3) is 9.61. The second-order valence-electron chi connectivity index (χ2n) is 15.8. The Balaban J connectivity index is 1.45. The molecule has 0 bridgehead atoms. The Kier molecular flexibility index (Phi) is 15.4. The van der Waals surface area contributed by atoms with E-state index in [4.69, 9.17) is 40.5 Å². The van der Waals surface area contributed by atoms with E-state index in [9.17, 15) is 15.0 Å². The van der Waals surface area contributed by atoms with Gasteiger partial charge < -0.3 is 34.0 Å². The van der Waals surface area contributed by atoms with Gasteiger partial charge in [0, 0.05) is 36.0 Å². The topological polar surface area (TPSA) is 119 Å². The van der Waals surface area contributed by atoms with Crippen LogP contribution in [0.25, 0.3) is 10.8 Å². The molecule has 1 heterocycles. The van der Waals surface area contributed by atoms with Gasteiger partial charge in [0.25, 0.3) is 0 Å². The predicted molar refractivity (Wildman–Crippen MR) is 242 cm³/mol. The first-order chi connectivity index (χ1) is 29.9. The van der Waals surface area contributed by atoms with Crippen LogP contribution in [-0.4, -0.2) is 84.4 Å². The van der Waals surface area contributed by atoms with Crippen LogP contribution >= 0.6 is 23.4 Å². The molecule has 1 fully saturated rings. The lowest BCUT2D eigenvalue weighted by Crippen LogP contribution is -2.70. The average Bonchev–Trinajstić information content (AvgIpc) is 3.28. The molecule has 1 amide bonds. The smallest absolute Gasteiger partial charge is 0.410 e. The number of halogens is 1. The van der Waals surface area contributed by atoms with Crippen LogP contribution in [0.15, 0.2) is 119 Å². The van der Waals surface area contributed by atoms with Crippen LogP contribution in [0, 0.1) is 17.8 Å². The summed E-state index contributed by atoms with van der Waals surface area (Å²) in [5, 5.41) is 26.6. The summed E-state index contributed by atoms with van der Waals surface area (Å²) in [6.45, 7) is 4.60. The number of alkyl halides is 1. The van der Waals surface area contributed by atoms with E-state index in [1.54, 1.807) is 29.8 Å². The summed E-state index contributed by atoms with van der Waals surface area (Å²) in [4.78, 5) is 23.1. The molecule has 7 rings (SSSR count). The highest BCUT2D eigenvalue weighted by Crippen LogP contribution is 2.62. The molecule has 6 unspecified atom stereocenters. The van der Waals surface area contributed by atoms with Crippen LogP contribution in [0.4, 0.5) is 4.79 Å². The van der Waals surface area contributed by atoms with Crippen LogP contribution in [-0.2, 0) is 20.9 Å². The largest absolute Gasteiger partial charge is 0.459 e. The molecule has 2 N–H and O–H groups in total. The number of carbonyl (C=O) groups excluding carboxylic acids is 1. The molecular formula is C49H57ClN2O8S. The molecular weight excluding hydrogens is 812 g/mol. The summed E-state index contributed by atoms with van der Waals surface area (Å²) in [5.74, 6) is 0.161. The predicted octanol–water partition coefficient (Wildman–Crippen LogP) is 10.5. The highest BCUT2D eigenvalue weighted by molar-refractivity contribution is 7.98. The number of aliphatic hydroxyl groups excluding tert-OH is 2. The van der Waals surface area contributed by atoms with Gasteiger partial charge in [-0.2, -0.15) is 0 Å². The number of aliphatic hydroxyl groups is 2. The maximum Gasteiger partial charge on any atom is 0.410 e. The minimum atomic E-state index is -1.45. The van der Waals surface area contributed by atoms with Gasteiger partial charge in [0.15, 0.2) is 0 Å². The number of ether oxygens (including phenoxy) is 4. The van der Waals surface area contributed by atoms with Gasteiger partial charge in [-0.1, -0.05) is 72.6 Å². The van der Waals surface area contributed by atoms with Crippen molar-refractivity contribution < 1.29 is 38.8 Å². The van der Waals surface area contributed by atoms with E-state index in [1.807, 2.05) is 66.9 Å². The monoisotopic (exact) mass is 868 g/mol. The Morgan fingerprint density at radius 3 is 2.49 bits per heavy atom. The molecule has 0 aromatic heterocycles. The van der Waals surface area contributed by atoms with E-state index in [2.05, 4.69) is 36.9 Å². The van der Waals surface area contributed by atoms with Crippen molar-refractivity contribution >= 4 is 45.9 Å². The lowest BCUT2D eigenvalue weighted by molar-refractivity contribution is -0.256. The zero-order chi connectivity index (χ0) is 42.8. The third-order valence-electron chi connectivity index (χ3n) is 12.3. The maximum absolute atomic E-state index is 14.7. The summed E-state index contributed by atoms with van der Waals surface area (Å²) in [5.41, 5.74) is 3.54. The number of nitrogens with zero attached hydrogens (tertiary/aromatic N) is 2. The van der Waals surface area contributed by atoms with Crippen molar-refractivity contribution in [1.29, 1.82) is 0 Å². The van der Waals surface area contributed by atoms with Crippen LogP contribution in [0.5, 0.6) is 17.2 Å². The Morgan fingerprint density at radius 2 is 1.75 bits per heavy atom. The summed E-state index contributed by atoms with van der Waals surface area (Å²) >= 11 is 7.80. The lowest BCUT2D eigenvalue weighted by atomic mass is 9.55. The van der Waals surface area contributed by atoms with Crippen LogP contribution < -0.4 is 9.47 Å². The highest BCUT2D eigenvalue weighted by atomic mass is 35.5. The average molecular weight is 870 g/mol. The zero-order valence-electron chi connectivity index (χ0n) is 35.0. The van der Waals surface area contributed by atoms with Crippen molar-refractivity contribution in [3.8, 4) is 17.2 Å². The first-order valence-electron chi connectivity index (χ1n) is 21.3. The lowest BCUT2D eigenvalue weighted by Gasteiger charge is -2.59. The number of carbonyl (C=O) groups is 1. The van der Waals surface area contributed by atoms with E-state index >= 15 is 0 Å². The Morgan fingerprint density at radius 1 is 1.00 bits per heavy atom. The van der Waals surface area contributed by atoms with Crippen LogP contribution in [0.1, 0.15) is 62.0 Å². The fourth-order valence-corrected chi connectivity index (χ4v) is 10.2. The van der Waals surface area contributed by atoms with E-state index in [0.717, 1.165) is 63.8 Å². The van der Waals surface area contributed by atoms with Crippen LogP contribution in [0.3, 0.4) is 0 Å². The van der Waals surface area contributed by atoms with Gasteiger partial charge in [0.1, 0.15) is 37.0 Å². The molecule has 6 atom stereocenters. The van der Waals surface area contributed by atoms with E-state index in [-0.39, 0.29) is 63.0 Å². The van der Waals surface area contributed by atoms with Gasteiger partial charge in [0.05, 0.1) is 30.7 Å². The molecule has 0 radical (unpaired) electrons. The Labute approximate surface area is 368 Å². The van der Waals surface area contributed by atoms with Crippen molar-refractivity contribution in [3.63, 3.8) is 0 Å². The fraction of sp³-hybridized carbons (Fsp3) is 0.429. The summed E-state index contributed by atoms with van der Waals surface area (Å²) in [7, 11) is 1.54. The van der Waals surface area contributed by atoms with E-state index in [1.165, 1.54) is 0 Å². The molecule has 1 saturated carbocycles. The van der Waals surface area contributed by atoms with Crippen molar-refractivity contribution in [2.45, 2.75) is 74.1 Å². The van der Waals surface area contributed by atoms with Crippen LogP contribution in [0.2, 0.25) is 0 Å². The number of benzene rings is 4. The minimum absolute atomic E-state index is 0.0187. The second kappa shape index (κ2) is 21.0. The summed E-state index contributed by atoms with van der Waals surface area (Å²) in [6.07, 6.45) is 10.4. The molecule has 1 aliphatic heterocycles. The summed E-state index contributed by atoms with van der Waals surface area (Å²) < 4.78 is 26.9. The highest BCUT2D eigenvalue weighted by Gasteiger charge is 2.65.